The van der Waals surface area contributed by atoms with E-state index in [0.717, 1.165) is 12.8 Å². The Labute approximate surface area is 122 Å². The molecule has 20 heavy (non-hydrogen) atoms. The van der Waals surface area contributed by atoms with E-state index in [4.69, 9.17) is 4.74 Å². The molecule has 1 aliphatic rings. The zero-order valence-corrected chi connectivity index (χ0v) is 12.7. The number of aromatic nitrogens is 1. The number of esters is 1. The summed E-state index contributed by atoms with van der Waals surface area (Å²) in [6, 6.07) is 0.393. The van der Waals surface area contributed by atoms with Gasteiger partial charge in [-0.15, -0.1) is 0 Å². The van der Waals surface area contributed by atoms with Gasteiger partial charge < -0.3 is 10.1 Å². The standard InChI is InChI=1S/C14H20N2O3S/c1-3-19-13(18)11-12(9(2)17)20-14(16-11)15-10-7-5-4-6-8-10/h10H,3-8H2,1-2H3,(H,15,16). The number of nitrogens with one attached hydrogen (secondary N) is 1. The summed E-state index contributed by atoms with van der Waals surface area (Å²) >= 11 is 1.24. The summed E-state index contributed by atoms with van der Waals surface area (Å²) < 4.78 is 4.95. The van der Waals surface area contributed by atoms with Crippen LogP contribution in [0.15, 0.2) is 0 Å². The van der Waals surface area contributed by atoms with Crippen molar-refractivity contribution in [2.75, 3.05) is 11.9 Å². The Hall–Kier alpha value is -1.43. The van der Waals surface area contributed by atoms with Gasteiger partial charge in [-0.1, -0.05) is 30.6 Å². The van der Waals surface area contributed by atoms with E-state index in [9.17, 15) is 9.59 Å². The Morgan fingerprint density at radius 1 is 1.35 bits per heavy atom. The van der Waals surface area contributed by atoms with Crippen molar-refractivity contribution >= 4 is 28.2 Å². The van der Waals surface area contributed by atoms with Gasteiger partial charge in [0, 0.05) is 13.0 Å². The zero-order valence-electron chi connectivity index (χ0n) is 11.9. The topological polar surface area (TPSA) is 68.3 Å². The second kappa shape index (κ2) is 6.83. The van der Waals surface area contributed by atoms with Crippen molar-refractivity contribution in [3.8, 4) is 0 Å². The van der Waals surface area contributed by atoms with Gasteiger partial charge in [0.25, 0.3) is 0 Å². The van der Waals surface area contributed by atoms with Crippen LogP contribution in [0.5, 0.6) is 0 Å². The van der Waals surface area contributed by atoms with Crippen LogP contribution in [0.1, 0.15) is 66.1 Å². The van der Waals surface area contributed by atoms with Crippen LogP contribution in [0.4, 0.5) is 5.13 Å². The third kappa shape index (κ3) is 3.56. The lowest BCUT2D eigenvalue weighted by atomic mass is 9.96. The molecule has 0 saturated heterocycles. The summed E-state index contributed by atoms with van der Waals surface area (Å²) in [5, 5.41) is 3.98. The predicted molar refractivity (Wildman–Crippen MR) is 78.6 cm³/mol. The molecular formula is C14H20N2O3S. The summed E-state index contributed by atoms with van der Waals surface area (Å²) in [7, 11) is 0. The van der Waals surface area contributed by atoms with Gasteiger partial charge in [0.05, 0.1) is 6.61 Å². The molecule has 1 N–H and O–H groups in total. The van der Waals surface area contributed by atoms with Crippen LogP contribution in [0.3, 0.4) is 0 Å². The predicted octanol–water partition coefficient (Wildman–Crippen LogP) is 3.27. The van der Waals surface area contributed by atoms with Gasteiger partial charge in [0.2, 0.25) is 0 Å². The summed E-state index contributed by atoms with van der Waals surface area (Å²) in [6.45, 7) is 3.46. The average molecular weight is 296 g/mol. The fourth-order valence-electron chi connectivity index (χ4n) is 2.38. The number of nitrogens with zero attached hydrogens (tertiary/aromatic N) is 1. The molecule has 0 aromatic carbocycles. The molecule has 1 fully saturated rings. The summed E-state index contributed by atoms with van der Waals surface area (Å²) in [5.41, 5.74) is 0.141. The average Bonchev–Trinajstić information content (AvgIpc) is 2.84. The Kier molecular flexibility index (Phi) is 5.11. The van der Waals surface area contributed by atoms with Crippen LogP contribution >= 0.6 is 11.3 Å². The molecule has 0 atom stereocenters. The molecule has 0 unspecified atom stereocenters. The first-order valence-corrected chi connectivity index (χ1v) is 7.89. The quantitative estimate of drug-likeness (QED) is 0.667. The normalized spacial score (nSPS) is 15.9. The first-order chi connectivity index (χ1) is 9.61. The van der Waals surface area contributed by atoms with E-state index in [0.29, 0.717) is 16.1 Å². The van der Waals surface area contributed by atoms with Crippen molar-refractivity contribution in [2.24, 2.45) is 0 Å². The molecule has 0 amide bonds. The molecule has 2 rings (SSSR count). The van der Waals surface area contributed by atoms with Crippen LogP contribution in [0.2, 0.25) is 0 Å². The lowest BCUT2D eigenvalue weighted by Gasteiger charge is -2.22. The Balaban J connectivity index is 2.15. The Morgan fingerprint density at radius 2 is 2.05 bits per heavy atom. The fraction of sp³-hybridized carbons (Fsp3) is 0.643. The van der Waals surface area contributed by atoms with Gasteiger partial charge in [0.1, 0.15) is 4.88 Å². The van der Waals surface area contributed by atoms with Gasteiger partial charge in [-0.2, -0.15) is 0 Å². The highest BCUT2D eigenvalue weighted by Gasteiger charge is 2.23. The van der Waals surface area contributed by atoms with E-state index in [2.05, 4.69) is 10.3 Å². The van der Waals surface area contributed by atoms with Crippen molar-refractivity contribution in [2.45, 2.75) is 52.0 Å². The minimum atomic E-state index is -0.523. The lowest BCUT2D eigenvalue weighted by Crippen LogP contribution is -2.22. The number of rotatable bonds is 5. The number of ketones is 1. The minimum absolute atomic E-state index is 0.141. The molecule has 1 aliphatic carbocycles. The monoisotopic (exact) mass is 296 g/mol. The second-order valence-electron chi connectivity index (χ2n) is 4.95. The van der Waals surface area contributed by atoms with Gasteiger partial charge >= 0.3 is 5.97 Å². The van der Waals surface area contributed by atoms with E-state index >= 15 is 0 Å². The van der Waals surface area contributed by atoms with Crippen molar-refractivity contribution in [3.63, 3.8) is 0 Å². The third-order valence-electron chi connectivity index (χ3n) is 3.35. The van der Waals surface area contributed by atoms with Gasteiger partial charge in [-0.05, 0) is 19.8 Å². The van der Waals surface area contributed by atoms with Crippen molar-refractivity contribution in [3.05, 3.63) is 10.6 Å². The SMILES string of the molecule is CCOC(=O)c1nc(NC2CCCCC2)sc1C(C)=O. The maximum Gasteiger partial charge on any atom is 0.358 e. The zero-order chi connectivity index (χ0) is 14.5. The molecule has 5 nitrogen and oxygen atoms in total. The van der Waals surface area contributed by atoms with Crippen LogP contribution < -0.4 is 5.32 Å². The molecule has 0 spiro atoms. The number of thiazole rings is 1. The van der Waals surface area contributed by atoms with Crippen LogP contribution in [-0.2, 0) is 4.74 Å². The molecule has 1 heterocycles. The van der Waals surface area contributed by atoms with Crippen molar-refractivity contribution < 1.29 is 14.3 Å². The first-order valence-electron chi connectivity index (χ1n) is 7.07. The number of hydrogen-bond donors (Lipinski definition) is 1. The molecule has 6 heteroatoms. The number of carbonyl (C=O) groups excluding carboxylic acids is 2. The van der Waals surface area contributed by atoms with E-state index in [1.807, 2.05) is 0 Å². The van der Waals surface area contributed by atoms with Crippen molar-refractivity contribution in [1.82, 2.24) is 4.98 Å². The number of hydrogen-bond acceptors (Lipinski definition) is 6. The highest BCUT2D eigenvalue weighted by atomic mass is 32.1. The molecule has 1 saturated carbocycles. The van der Waals surface area contributed by atoms with E-state index in [1.165, 1.54) is 37.5 Å². The highest BCUT2D eigenvalue weighted by Crippen LogP contribution is 2.28. The molecule has 0 aliphatic heterocycles. The second-order valence-corrected chi connectivity index (χ2v) is 5.95. The molecule has 1 aromatic rings. The number of carbonyl (C=O) groups is 2. The Morgan fingerprint density at radius 3 is 2.65 bits per heavy atom. The smallest absolute Gasteiger partial charge is 0.358 e. The van der Waals surface area contributed by atoms with E-state index in [1.54, 1.807) is 6.92 Å². The highest BCUT2D eigenvalue weighted by molar-refractivity contribution is 7.17. The number of anilines is 1. The molecule has 0 radical (unpaired) electrons. The van der Waals surface area contributed by atoms with E-state index < -0.39 is 5.97 Å². The van der Waals surface area contributed by atoms with E-state index in [-0.39, 0.29) is 18.1 Å². The van der Waals surface area contributed by atoms with Gasteiger partial charge in [-0.25, -0.2) is 9.78 Å². The van der Waals surface area contributed by atoms with Crippen LogP contribution in [0.25, 0.3) is 0 Å². The Bertz CT molecular complexity index is 493. The van der Waals surface area contributed by atoms with Gasteiger partial charge in [-0.3, -0.25) is 4.79 Å². The number of Topliss-reactive ketones (excluding diaryl/α,β-unsaturated/α-hetero) is 1. The minimum Gasteiger partial charge on any atom is -0.461 e. The molecule has 110 valence electrons. The fourth-order valence-corrected chi connectivity index (χ4v) is 3.31. The third-order valence-corrected chi connectivity index (χ3v) is 4.44. The summed E-state index contributed by atoms with van der Waals surface area (Å²) in [6.07, 6.45) is 5.94. The van der Waals surface area contributed by atoms with Crippen molar-refractivity contribution in [1.29, 1.82) is 0 Å². The van der Waals surface area contributed by atoms with Crippen LogP contribution in [-0.4, -0.2) is 29.4 Å². The summed E-state index contributed by atoms with van der Waals surface area (Å²) in [4.78, 5) is 28.1. The molecular weight excluding hydrogens is 276 g/mol. The number of ether oxygens (including phenoxy) is 1. The van der Waals surface area contributed by atoms with Crippen LogP contribution in [0, 0.1) is 0 Å². The molecule has 0 bridgehead atoms. The maximum atomic E-state index is 11.8. The lowest BCUT2D eigenvalue weighted by molar-refractivity contribution is 0.0517. The largest absolute Gasteiger partial charge is 0.461 e. The summed E-state index contributed by atoms with van der Waals surface area (Å²) in [5.74, 6) is -0.673. The maximum absolute atomic E-state index is 11.8. The molecule has 1 aromatic heterocycles. The first kappa shape index (κ1) is 15.0. The van der Waals surface area contributed by atoms with Gasteiger partial charge in [0.15, 0.2) is 16.6 Å².